The fourth-order valence-corrected chi connectivity index (χ4v) is 2.61. The summed E-state index contributed by atoms with van der Waals surface area (Å²) in [5.74, 6) is 1.06. The van der Waals surface area contributed by atoms with Crippen LogP contribution in [-0.4, -0.2) is 37.6 Å². The van der Waals surface area contributed by atoms with E-state index in [-0.39, 0.29) is 0 Å². The number of nitrogens with zero attached hydrogens (tertiary/aromatic N) is 1. The normalized spacial score (nSPS) is 30.2. The molecule has 1 atom stereocenters. The Bertz CT molecular complexity index is 166. The first-order valence-corrected chi connectivity index (χ1v) is 6.26. The molecule has 2 fully saturated rings. The monoisotopic (exact) mass is 196 g/mol. The van der Waals surface area contributed by atoms with Crippen LogP contribution in [-0.2, 0) is 0 Å². The van der Waals surface area contributed by atoms with Crippen LogP contribution in [0.15, 0.2) is 0 Å². The van der Waals surface area contributed by atoms with E-state index in [0.29, 0.717) is 0 Å². The van der Waals surface area contributed by atoms with Crippen molar-refractivity contribution in [3.8, 4) is 0 Å². The van der Waals surface area contributed by atoms with Gasteiger partial charge in [-0.3, -0.25) is 0 Å². The quantitative estimate of drug-likeness (QED) is 0.738. The number of hydrogen-bond donors (Lipinski definition) is 1. The van der Waals surface area contributed by atoms with Gasteiger partial charge in [0.15, 0.2) is 0 Å². The van der Waals surface area contributed by atoms with Crippen LogP contribution >= 0.6 is 0 Å². The van der Waals surface area contributed by atoms with Crippen LogP contribution in [0, 0.1) is 5.92 Å². The molecular formula is C12H24N2. The minimum atomic E-state index is 0.772. The number of likely N-dealkylation sites (tertiary alicyclic amines) is 1. The minimum Gasteiger partial charge on any atom is -0.313 e. The number of nitrogens with one attached hydrogen (secondary N) is 1. The molecule has 1 N–H and O–H groups in total. The maximum atomic E-state index is 3.71. The lowest BCUT2D eigenvalue weighted by Gasteiger charge is -2.31. The Morgan fingerprint density at radius 3 is 2.71 bits per heavy atom. The third-order valence-corrected chi connectivity index (χ3v) is 3.83. The molecule has 1 saturated heterocycles. The highest BCUT2D eigenvalue weighted by Gasteiger charge is 2.19. The van der Waals surface area contributed by atoms with Crippen molar-refractivity contribution in [3.05, 3.63) is 0 Å². The predicted molar refractivity (Wildman–Crippen MR) is 60.5 cm³/mol. The number of hydrogen-bond acceptors (Lipinski definition) is 2. The number of rotatable bonds is 4. The second-order valence-corrected chi connectivity index (χ2v) is 5.14. The van der Waals surface area contributed by atoms with Crippen molar-refractivity contribution in [1.29, 1.82) is 0 Å². The number of piperidine rings is 1. The van der Waals surface area contributed by atoms with Crippen molar-refractivity contribution in [2.24, 2.45) is 5.92 Å². The zero-order valence-electron chi connectivity index (χ0n) is 9.47. The van der Waals surface area contributed by atoms with Crippen LogP contribution in [0.1, 0.15) is 38.5 Å². The first-order chi connectivity index (χ1) is 6.84. The molecule has 1 aliphatic carbocycles. The Balaban J connectivity index is 1.55. The van der Waals surface area contributed by atoms with Gasteiger partial charge in [0.1, 0.15) is 0 Å². The molecule has 1 aliphatic heterocycles. The molecule has 2 heteroatoms. The molecule has 0 aromatic rings. The van der Waals surface area contributed by atoms with Gasteiger partial charge in [-0.05, 0) is 45.3 Å². The van der Waals surface area contributed by atoms with Crippen molar-refractivity contribution >= 4 is 0 Å². The van der Waals surface area contributed by atoms with Crippen LogP contribution in [0.4, 0.5) is 0 Å². The van der Waals surface area contributed by atoms with E-state index in [4.69, 9.17) is 0 Å². The molecule has 1 unspecified atom stereocenters. The van der Waals surface area contributed by atoms with Crippen molar-refractivity contribution in [3.63, 3.8) is 0 Å². The summed E-state index contributed by atoms with van der Waals surface area (Å²) in [6, 6.07) is 0.772. The summed E-state index contributed by atoms with van der Waals surface area (Å²) in [6.45, 7) is 3.80. The first-order valence-electron chi connectivity index (χ1n) is 6.26. The van der Waals surface area contributed by atoms with Crippen molar-refractivity contribution in [1.82, 2.24) is 10.2 Å². The smallest absolute Gasteiger partial charge is 0.0195 e. The van der Waals surface area contributed by atoms with Crippen LogP contribution < -0.4 is 5.32 Å². The van der Waals surface area contributed by atoms with E-state index in [2.05, 4.69) is 17.3 Å². The Morgan fingerprint density at radius 2 is 2.07 bits per heavy atom. The third kappa shape index (κ3) is 2.96. The predicted octanol–water partition coefficient (Wildman–Crippen LogP) is 1.86. The molecule has 0 aromatic carbocycles. The molecule has 0 radical (unpaired) electrons. The van der Waals surface area contributed by atoms with Crippen molar-refractivity contribution in [2.45, 2.75) is 44.6 Å². The molecule has 2 aliphatic rings. The molecule has 2 rings (SSSR count). The van der Waals surface area contributed by atoms with Gasteiger partial charge in [-0.25, -0.2) is 0 Å². The highest BCUT2D eigenvalue weighted by atomic mass is 15.1. The fraction of sp³-hybridized carbons (Fsp3) is 1.00. The summed E-state index contributed by atoms with van der Waals surface area (Å²) >= 11 is 0. The first kappa shape index (κ1) is 10.4. The van der Waals surface area contributed by atoms with Gasteiger partial charge >= 0.3 is 0 Å². The molecule has 1 heterocycles. The average molecular weight is 196 g/mol. The average Bonchev–Trinajstić information content (AvgIpc) is 2.09. The summed E-state index contributed by atoms with van der Waals surface area (Å²) in [5, 5.41) is 3.71. The van der Waals surface area contributed by atoms with Crippen LogP contribution in [0.25, 0.3) is 0 Å². The molecule has 82 valence electrons. The molecule has 0 aromatic heterocycles. The van der Waals surface area contributed by atoms with Gasteiger partial charge in [0, 0.05) is 12.6 Å². The van der Waals surface area contributed by atoms with Crippen molar-refractivity contribution in [2.75, 3.05) is 26.7 Å². The van der Waals surface area contributed by atoms with E-state index >= 15 is 0 Å². The lowest BCUT2D eigenvalue weighted by atomic mass is 9.83. The Morgan fingerprint density at radius 1 is 1.21 bits per heavy atom. The lowest BCUT2D eigenvalue weighted by Crippen LogP contribution is -2.44. The standard InChI is InChI=1S/C12H24N2/c1-14-9-3-6-12(10-14)13-8-7-11-4-2-5-11/h11-13H,2-10H2,1H3. The highest BCUT2D eigenvalue weighted by Crippen LogP contribution is 2.28. The third-order valence-electron chi connectivity index (χ3n) is 3.83. The summed E-state index contributed by atoms with van der Waals surface area (Å²) in [7, 11) is 2.24. The maximum absolute atomic E-state index is 3.71. The van der Waals surface area contributed by atoms with Gasteiger partial charge in [0.25, 0.3) is 0 Å². The Labute approximate surface area is 88.1 Å². The molecule has 0 amide bonds. The van der Waals surface area contributed by atoms with E-state index < -0.39 is 0 Å². The SMILES string of the molecule is CN1CCCC(NCCC2CCC2)C1. The Kier molecular flexibility index (Phi) is 3.82. The van der Waals surface area contributed by atoms with E-state index in [1.807, 2.05) is 0 Å². The summed E-state index contributed by atoms with van der Waals surface area (Å²) in [5.41, 5.74) is 0. The number of likely N-dealkylation sites (N-methyl/N-ethyl adjacent to an activating group) is 1. The van der Waals surface area contributed by atoms with Gasteiger partial charge in [-0.15, -0.1) is 0 Å². The lowest BCUT2D eigenvalue weighted by molar-refractivity contribution is 0.218. The molecule has 2 nitrogen and oxygen atoms in total. The molecular weight excluding hydrogens is 172 g/mol. The second kappa shape index (κ2) is 5.13. The summed E-state index contributed by atoms with van der Waals surface area (Å²) < 4.78 is 0. The Hall–Kier alpha value is -0.0800. The molecule has 0 spiro atoms. The molecule has 0 bridgehead atoms. The summed E-state index contributed by atoms with van der Waals surface area (Å²) in [6.07, 6.45) is 8.64. The van der Waals surface area contributed by atoms with E-state index in [9.17, 15) is 0 Å². The van der Waals surface area contributed by atoms with E-state index in [1.54, 1.807) is 0 Å². The molecule has 1 saturated carbocycles. The minimum absolute atomic E-state index is 0.772. The highest BCUT2D eigenvalue weighted by molar-refractivity contribution is 4.77. The second-order valence-electron chi connectivity index (χ2n) is 5.14. The van der Waals surface area contributed by atoms with Crippen LogP contribution in [0.5, 0.6) is 0 Å². The van der Waals surface area contributed by atoms with Gasteiger partial charge in [0.05, 0.1) is 0 Å². The van der Waals surface area contributed by atoms with Gasteiger partial charge in [-0.2, -0.15) is 0 Å². The molecule has 14 heavy (non-hydrogen) atoms. The van der Waals surface area contributed by atoms with Gasteiger partial charge < -0.3 is 10.2 Å². The summed E-state index contributed by atoms with van der Waals surface area (Å²) in [4.78, 5) is 2.45. The van der Waals surface area contributed by atoms with Crippen LogP contribution in [0.3, 0.4) is 0 Å². The topological polar surface area (TPSA) is 15.3 Å². The largest absolute Gasteiger partial charge is 0.313 e. The zero-order chi connectivity index (χ0) is 9.80. The van der Waals surface area contributed by atoms with Crippen LogP contribution in [0.2, 0.25) is 0 Å². The van der Waals surface area contributed by atoms with Gasteiger partial charge in [0.2, 0.25) is 0 Å². The zero-order valence-corrected chi connectivity index (χ0v) is 9.47. The van der Waals surface area contributed by atoms with Gasteiger partial charge in [-0.1, -0.05) is 19.3 Å². The van der Waals surface area contributed by atoms with E-state index in [0.717, 1.165) is 12.0 Å². The maximum Gasteiger partial charge on any atom is 0.0195 e. The van der Waals surface area contributed by atoms with E-state index in [1.165, 1.54) is 58.2 Å². The fourth-order valence-electron chi connectivity index (χ4n) is 2.61. The van der Waals surface area contributed by atoms with Crippen molar-refractivity contribution < 1.29 is 0 Å².